The lowest BCUT2D eigenvalue weighted by molar-refractivity contribution is 0.179. The van der Waals surface area contributed by atoms with Gasteiger partial charge in [0.25, 0.3) is 10.0 Å². The van der Waals surface area contributed by atoms with Crippen LogP contribution in [-0.2, 0) is 10.0 Å². The van der Waals surface area contributed by atoms with E-state index in [1.165, 1.54) is 6.33 Å². The molecule has 0 amide bonds. The van der Waals surface area contributed by atoms with Crippen molar-refractivity contribution in [1.82, 2.24) is 14.7 Å². The minimum atomic E-state index is -4.16. The maximum absolute atomic E-state index is 14.3. The van der Waals surface area contributed by atoms with E-state index in [4.69, 9.17) is 17.3 Å². The molecular weight excluding hydrogens is 431 g/mol. The van der Waals surface area contributed by atoms with E-state index in [9.17, 15) is 17.9 Å². The number of rotatable bonds is 12. The van der Waals surface area contributed by atoms with Crippen molar-refractivity contribution in [2.24, 2.45) is 5.73 Å². The fourth-order valence-electron chi connectivity index (χ4n) is 2.21. The second kappa shape index (κ2) is 10.8. The summed E-state index contributed by atoms with van der Waals surface area (Å²) in [5.74, 6) is -0.929. The lowest BCUT2D eigenvalue weighted by atomic mass is 10.2. The number of aromatic nitrogens is 2. The van der Waals surface area contributed by atoms with E-state index in [0.717, 1.165) is 36.5 Å². The number of unbranched alkanes of at least 4 members (excludes halogenated alkanes) is 1. The number of anilines is 2. The summed E-state index contributed by atoms with van der Waals surface area (Å²) in [5.41, 5.74) is 5.61. The van der Waals surface area contributed by atoms with E-state index in [-0.39, 0.29) is 16.7 Å². The van der Waals surface area contributed by atoms with Gasteiger partial charge in [-0.15, -0.1) is 0 Å². The van der Waals surface area contributed by atoms with Gasteiger partial charge in [-0.3, -0.25) is 4.72 Å². The van der Waals surface area contributed by atoms with E-state index in [1.807, 2.05) is 0 Å². The minimum absolute atomic E-state index is 0.0327. The Morgan fingerprint density at radius 2 is 2.07 bits per heavy atom. The molecule has 13 heteroatoms. The molecule has 1 aromatic heterocycles. The van der Waals surface area contributed by atoms with Crippen LogP contribution in [0.15, 0.2) is 23.4 Å². The molecule has 6 N–H and O–H groups in total. The van der Waals surface area contributed by atoms with E-state index >= 15 is 0 Å². The second-order valence-corrected chi connectivity index (χ2v) is 8.68. The Balaban J connectivity index is 1.87. The zero-order valence-electron chi connectivity index (χ0n) is 14.9. The third-order valence-electron chi connectivity index (χ3n) is 3.64. The lowest BCUT2D eigenvalue weighted by Crippen LogP contribution is -2.33. The molecule has 1 aromatic carbocycles. The minimum Gasteiger partial charge on any atom is -0.390 e. The number of nitrogens with two attached hydrogens (primary N) is 1. The molecule has 0 spiro atoms. The van der Waals surface area contributed by atoms with Crippen molar-refractivity contribution < 1.29 is 17.9 Å². The number of hydrogen-bond acceptors (Lipinski definition) is 9. The van der Waals surface area contributed by atoms with Crippen molar-refractivity contribution in [1.29, 1.82) is 0 Å². The van der Waals surface area contributed by atoms with Gasteiger partial charge in [0.05, 0.1) is 16.8 Å². The zero-order valence-corrected chi connectivity index (χ0v) is 17.2. The predicted octanol–water partition coefficient (Wildman–Crippen LogP) is 1.23. The topological polar surface area (TPSA) is 142 Å². The highest BCUT2D eigenvalue weighted by molar-refractivity contribution is 7.93. The Labute approximate surface area is 171 Å². The molecule has 0 fully saturated rings. The summed E-state index contributed by atoms with van der Waals surface area (Å²) in [7, 11) is -4.16. The predicted molar refractivity (Wildman–Crippen MR) is 108 cm³/mol. The molecule has 2 aromatic rings. The summed E-state index contributed by atoms with van der Waals surface area (Å²) in [4.78, 5) is 3.14. The molecule has 156 valence electrons. The molecule has 0 aliphatic rings. The van der Waals surface area contributed by atoms with Crippen LogP contribution in [-0.4, -0.2) is 55.2 Å². The van der Waals surface area contributed by atoms with Crippen LogP contribution in [0.3, 0.4) is 0 Å². The van der Waals surface area contributed by atoms with E-state index in [0.29, 0.717) is 25.3 Å². The molecule has 1 heterocycles. The van der Waals surface area contributed by atoms with Crippen molar-refractivity contribution in [3.8, 4) is 0 Å². The maximum atomic E-state index is 14.3. The molecule has 0 saturated carbocycles. The van der Waals surface area contributed by atoms with E-state index in [1.54, 1.807) is 0 Å². The first-order valence-corrected chi connectivity index (χ1v) is 11.1. The molecule has 0 radical (unpaired) electrons. The number of halogens is 2. The fourth-order valence-corrected chi connectivity index (χ4v) is 4.25. The summed E-state index contributed by atoms with van der Waals surface area (Å²) in [6, 6.07) is 2.10. The quantitative estimate of drug-likeness (QED) is 0.303. The highest BCUT2D eigenvalue weighted by atomic mass is 35.5. The van der Waals surface area contributed by atoms with Crippen molar-refractivity contribution in [2.75, 3.05) is 36.2 Å². The van der Waals surface area contributed by atoms with Gasteiger partial charge >= 0.3 is 0 Å². The average molecular weight is 453 g/mol. The van der Waals surface area contributed by atoms with Gasteiger partial charge in [0, 0.05) is 31.2 Å². The number of hydrogen-bond donors (Lipinski definition) is 5. The number of nitrogens with one attached hydrogen (secondary N) is 3. The van der Waals surface area contributed by atoms with Crippen molar-refractivity contribution in [2.45, 2.75) is 23.8 Å². The lowest BCUT2D eigenvalue weighted by Gasteiger charge is -2.12. The van der Waals surface area contributed by atoms with Gasteiger partial charge in [-0.05, 0) is 31.5 Å². The standard InChI is InChI=1S/C15H22ClFN6O3S2/c16-11-5-14(28(25,26)23-15-21-9-22-27-15)12(17)6-13(11)20-4-2-1-3-19-8-10(24)7-18/h5-6,9-10,19-20,24H,1-4,7-8,18H2,(H,21,22,23). The fraction of sp³-hybridized carbons (Fsp3) is 0.467. The number of aliphatic hydroxyl groups is 1. The molecule has 2 rings (SSSR count). The SMILES string of the molecule is NCC(O)CNCCCCNc1cc(F)c(S(=O)(=O)Nc2ncns2)cc1Cl. The number of benzene rings is 1. The molecule has 0 bridgehead atoms. The summed E-state index contributed by atoms with van der Waals surface area (Å²) >= 11 is 6.94. The Morgan fingerprint density at radius 3 is 2.75 bits per heavy atom. The van der Waals surface area contributed by atoms with Gasteiger partial charge in [-0.2, -0.15) is 4.37 Å². The number of aliphatic hydroxyl groups excluding tert-OH is 1. The van der Waals surface area contributed by atoms with Gasteiger partial charge in [-0.25, -0.2) is 17.8 Å². The van der Waals surface area contributed by atoms with Crippen LogP contribution in [0.5, 0.6) is 0 Å². The first kappa shape index (κ1) is 22.7. The largest absolute Gasteiger partial charge is 0.390 e. The monoisotopic (exact) mass is 452 g/mol. The van der Waals surface area contributed by atoms with Crippen LogP contribution in [0.1, 0.15) is 12.8 Å². The van der Waals surface area contributed by atoms with Crippen molar-refractivity contribution in [3.63, 3.8) is 0 Å². The van der Waals surface area contributed by atoms with Crippen LogP contribution in [0.2, 0.25) is 5.02 Å². The highest BCUT2D eigenvalue weighted by Gasteiger charge is 2.22. The first-order valence-electron chi connectivity index (χ1n) is 8.44. The zero-order chi connectivity index (χ0) is 20.6. The third kappa shape index (κ3) is 6.79. The Kier molecular flexibility index (Phi) is 8.79. The summed E-state index contributed by atoms with van der Waals surface area (Å²) in [5, 5.41) is 15.5. The Bertz CT molecular complexity index is 854. The summed E-state index contributed by atoms with van der Waals surface area (Å²) < 4.78 is 44.8. The first-order chi connectivity index (χ1) is 13.3. The maximum Gasteiger partial charge on any atom is 0.266 e. The van der Waals surface area contributed by atoms with Crippen molar-refractivity contribution in [3.05, 3.63) is 29.3 Å². The van der Waals surface area contributed by atoms with Gasteiger partial charge in [0.15, 0.2) is 0 Å². The highest BCUT2D eigenvalue weighted by Crippen LogP contribution is 2.29. The molecule has 0 aliphatic carbocycles. The summed E-state index contributed by atoms with van der Waals surface area (Å²) in [6.45, 7) is 1.87. The number of sulfonamides is 1. The van der Waals surface area contributed by atoms with Gasteiger partial charge in [0.1, 0.15) is 17.0 Å². The molecule has 0 saturated heterocycles. The van der Waals surface area contributed by atoms with Crippen LogP contribution in [0, 0.1) is 5.82 Å². The van der Waals surface area contributed by atoms with Crippen LogP contribution >= 0.6 is 23.1 Å². The van der Waals surface area contributed by atoms with E-state index in [2.05, 4.69) is 24.7 Å². The number of nitrogens with zero attached hydrogens (tertiary/aromatic N) is 2. The third-order valence-corrected chi connectivity index (χ3v) is 6.02. The average Bonchev–Trinajstić information content (AvgIpc) is 3.15. The van der Waals surface area contributed by atoms with Gasteiger partial charge in [0.2, 0.25) is 5.13 Å². The van der Waals surface area contributed by atoms with Crippen molar-refractivity contribution >= 4 is 44.0 Å². The second-order valence-electron chi connectivity index (χ2n) is 5.84. The molecular formula is C15H22ClFN6O3S2. The molecule has 9 nitrogen and oxygen atoms in total. The molecule has 1 unspecified atom stereocenters. The molecule has 1 atom stereocenters. The smallest absolute Gasteiger partial charge is 0.266 e. The molecule has 28 heavy (non-hydrogen) atoms. The van der Waals surface area contributed by atoms with E-state index < -0.39 is 26.8 Å². The van der Waals surface area contributed by atoms with Gasteiger partial charge < -0.3 is 21.5 Å². The van der Waals surface area contributed by atoms with Crippen LogP contribution in [0.4, 0.5) is 15.2 Å². The van der Waals surface area contributed by atoms with Gasteiger partial charge in [-0.1, -0.05) is 11.6 Å². The Hall–Kier alpha value is -1.57. The Morgan fingerprint density at radius 1 is 1.32 bits per heavy atom. The normalized spacial score (nSPS) is 12.7. The van der Waals surface area contributed by atoms with Crippen LogP contribution in [0.25, 0.3) is 0 Å². The summed E-state index contributed by atoms with van der Waals surface area (Å²) in [6.07, 6.45) is 2.22. The molecule has 0 aliphatic heterocycles. The van der Waals surface area contributed by atoms with Crippen LogP contribution < -0.4 is 21.1 Å².